The average molecular weight is 226 g/mol. The molecule has 15 heavy (non-hydrogen) atoms. The van der Waals surface area contributed by atoms with Gasteiger partial charge in [-0.1, -0.05) is 25.1 Å². The highest BCUT2D eigenvalue weighted by molar-refractivity contribution is 7.26. The molecule has 2 nitrogen and oxygen atoms in total. The predicted octanol–water partition coefficient (Wildman–Crippen LogP) is 4.09. The van der Waals surface area contributed by atoms with E-state index in [1.807, 2.05) is 31.2 Å². The standard InChI is InChI=1S/C12H19O2P/c1-5-12(3,4)14-15-13-11-9-7-6-8-10(11)2/h6-9,15H,5H2,1-4H3. The molecule has 0 saturated heterocycles. The molecule has 0 heterocycles. The molecule has 0 aromatic heterocycles. The van der Waals surface area contributed by atoms with E-state index in [1.54, 1.807) is 0 Å². The van der Waals surface area contributed by atoms with Crippen LogP contribution in [0.15, 0.2) is 24.3 Å². The molecule has 1 unspecified atom stereocenters. The number of para-hydroxylation sites is 1. The van der Waals surface area contributed by atoms with Gasteiger partial charge in [-0.25, -0.2) is 0 Å². The van der Waals surface area contributed by atoms with E-state index in [0.717, 1.165) is 17.7 Å². The summed E-state index contributed by atoms with van der Waals surface area (Å²) < 4.78 is 11.2. The Morgan fingerprint density at radius 3 is 2.53 bits per heavy atom. The van der Waals surface area contributed by atoms with Crippen molar-refractivity contribution < 1.29 is 9.05 Å². The van der Waals surface area contributed by atoms with Crippen LogP contribution in [0, 0.1) is 6.92 Å². The fraction of sp³-hybridized carbons (Fsp3) is 0.500. The van der Waals surface area contributed by atoms with Gasteiger partial charge < -0.3 is 9.05 Å². The fourth-order valence-electron chi connectivity index (χ4n) is 0.922. The summed E-state index contributed by atoms with van der Waals surface area (Å²) in [4.78, 5) is 0. The van der Waals surface area contributed by atoms with Crippen LogP contribution in [0.1, 0.15) is 32.8 Å². The summed E-state index contributed by atoms with van der Waals surface area (Å²) in [5, 5.41) is 0. The summed E-state index contributed by atoms with van der Waals surface area (Å²) >= 11 is 0. The van der Waals surface area contributed by atoms with Crippen molar-refractivity contribution in [3.8, 4) is 5.75 Å². The molecule has 3 heteroatoms. The van der Waals surface area contributed by atoms with Crippen molar-refractivity contribution >= 4 is 9.03 Å². The first-order valence-corrected chi connectivity index (χ1v) is 6.02. The summed E-state index contributed by atoms with van der Waals surface area (Å²) in [7, 11) is 0.0643. The second kappa shape index (κ2) is 5.48. The molecule has 84 valence electrons. The summed E-state index contributed by atoms with van der Waals surface area (Å²) in [5.74, 6) is 0.905. The van der Waals surface area contributed by atoms with Crippen LogP contribution in [0.5, 0.6) is 5.75 Å². The highest BCUT2D eigenvalue weighted by Crippen LogP contribution is 2.30. The van der Waals surface area contributed by atoms with E-state index >= 15 is 0 Å². The number of benzene rings is 1. The Balaban J connectivity index is 2.42. The summed E-state index contributed by atoms with van der Waals surface area (Å²) in [6, 6.07) is 7.97. The van der Waals surface area contributed by atoms with Gasteiger partial charge in [-0.3, -0.25) is 0 Å². The Kier molecular flexibility index (Phi) is 4.56. The van der Waals surface area contributed by atoms with Gasteiger partial charge in [0.25, 0.3) is 0 Å². The second-order valence-electron chi connectivity index (χ2n) is 4.17. The van der Waals surface area contributed by atoms with Gasteiger partial charge in [-0.05, 0) is 38.8 Å². The quantitative estimate of drug-likeness (QED) is 0.704. The monoisotopic (exact) mass is 226 g/mol. The van der Waals surface area contributed by atoms with E-state index < -0.39 is 0 Å². The molecule has 0 N–H and O–H groups in total. The zero-order valence-corrected chi connectivity index (χ0v) is 10.8. The first kappa shape index (κ1) is 12.5. The smallest absolute Gasteiger partial charge is 0.215 e. The van der Waals surface area contributed by atoms with Crippen LogP contribution >= 0.6 is 9.03 Å². The van der Waals surface area contributed by atoms with Crippen LogP contribution in [0.2, 0.25) is 0 Å². The molecule has 0 aliphatic heterocycles. The first-order chi connectivity index (χ1) is 7.05. The maximum Gasteiger partial charge on any atom is 0.215 e. The summed E-state index contributed by atoms with van der Waals surface area (Å²) in [6.45, 7) is 8.28. The van der Waals surface area contributed by atoms with Gasteiger partial charge in [-0.15, -0.1) is 0 Å². The van der Waals surface area contributed by atoms with E-state index in [2.05, 4.69) is 20.8 Å². The minimum atomic E-state index is -0.0961. The Labute approximate surface area is 93.9 Å². The van der Waals surface area contributed by atoms with Crippen LogP contribution in [-0.2, 0) is 4.52 Å². The van der Waals surface area contributed by atoms with Crippen LogP contribution in [-0.4, -0.2) is 5.60 Å². The lowest BCUT2D eigenvalue weighted by atomic mass is 10.1. The number of aryl methyl sites for hydroxylation is 1. The molecular formula is C12H19O2P. The molecular weight excluding hydrogens is 207 g/mol. The van der Waals surface area contributed by atoms with Crippen molar-refractivity contribution in [2.75, 3.05) is 0 Å². The highest BCUT2D eigenvalue weighted by atomic mass is 31.1. The Hall–Kier alpha value is -0.590. The zero-order chi connectivity index (χ0) is 11.3. The van der Waals surface area contributed by atoms with Crippen molar-refractivity contribution in [3.05, 3.63) is 29.8 Å². The maximum atomic E-state index is 5.64. The summed E-state index contributed by atoms with van der Waals surface area (Å²) in [6.07, 6.45) is 0.983. The van der Waals surface area contributed by atoms with Gasteiger partial charge in [0, 0.05) is 0 Å². The van der Waals surface area contributed by atoms with E-state index in [-0.39, 0.29) is 14.6 Å². The topological polar surface area (TPSA) is 18.5 Å². The predicted molar refractivity (Wildman–Crippen MR) is 65.6 cm³/mol. The molecule has 1 atom stereocenters. The minimum absolute atomic E-state index is 0.0643. The second-order valence-corrected chi connectivity index (χ2v) is 4.74. The van der Waals surface area contributed by atoms with Crippen molar-refractivity contribution in [1.29, 1.82) is 0 Å². The minimum Gasteiger partial charge on any atom is -0.449 e. The van der Waals surface area contributed by atoms with E-state index in [1.165, 1.54) is 0 Å². The number of rotatable bonds is 5. The molecule has 1 aromatic rings. The number of hydrogen-bond donors (Lipinski definition) is 0. The lowest BCUT2D eigenvalue weighted by Gasteiger charge is -2.22. The Morgan fingerprint density at radius 1 is 1.27 bits per heavy atom. The van der Waals surface area contributed by atoms with Crippen LogP contribution in [0.4, 0.5) is 0 Å². The van der Waals surface area contributed by atoms with Crippen molar-refractivity contribution in [1.82, 2.24) is 0 Å². The molecule has 0 aliphatic carbocycles. The summed E-state index contributed by atoms with van der Waals surface area (Å²) in [5.41, 5.74) is 1.05. The van der Waals surface area contributed by atoms with Crippen molar-refractivity contribution in [3.63, 3.8) is 0 Å². The SMILES string of the molecule is CCC(C)(C)OPOc1ccccc1C. The van der Waals surface area contributed by atoms with Gasteiger partial charge >= 0.3 is 0 Å². The maximum absolute atomic E-state index is 5.64. The van der Waals surface area contributed by atoms with Gasteiger partial charge in [0.2, 0.25) is 9.03 Å². The van der Waals surface area contributed by atoms with Gasteiger partial charge in [0.15, 0.2) is 0 Å². The molecule has 1 aromatic carbocycles. The third-order valence-electron chi connectivity index (χ3n) is 2.41. The number of hydrogen-bond acceptors (Lipinski definition) is 2. The Morgan fingerprint density at radius 2 is 1.93 bits per heavy atom. The van der Waals surface area contributed by atoms with Gasteiger partial charge in [0.05, 0.1) is 5.60 Å². The average Bonchev–Trinajstić information content (AvgIpc) is 2.21. The van der Waals surface area contributed by atoms with Crippen LogP contribution in [0.3, 0.4) is 0 Å². The van der Waals surface area contributed by atoms with Crippen molar-refractivity contribution in [2.24, 2.45) is 0 Å². The molecule has 0 bridgehead atoms. The lowest BCUT2D eigenvalue weighted by Crippen LogP contribution is -2.19. The van der Waals surface area contributed by atoms with Crippen molar-refractivity contribution in [2.45, 2.75) is 39.7 Å². The molecule has 1 rings (SSSR count). The molecule has 0 radical (unpaired) electrons. The largest absolute Gasteiger partial charge is 0.449 e. The van der Waals surface area contributed by atoms with Crippen LogP contribution < -0.4 is 4.52 Å². The normalized spacial score (nSPS) is 12.3. The zero-order valence-electron chi connectivity index (χ0n) is 9.83. The molecule has 0 fully saturated rings. The Bertz CT molecular complexity index is 310. The lowest BCUT2D eigenvalue weighted by molar-refractivity contribution is 0.117. The van der Waals surface area contributed by atoms with Gasteiger partial charge in [-0.2, -0.15) is 0 Å². The van der Waals surface area contributed by atoms with E-state index in [0.29, 0.717) is 0 Å². The van der Waals surface area contributed by atoms with E-state index in [9.17, 15) is 0 Å². The molecule has 0 spiro atoms. The third kappa shape index (κ3) is 4.19. The van der Waals surface area contributed by atoms with Gasteiger partial charge in [0.1, 0.15) is 5.75 Å². The molecule has 0 amide bonds. The fourth-order valence-corrected chi connectivity index (χ4v) is 1.65. The highest BCUT2D eigenvalue weighted by Gasteiger charge is 2.15. The first-order valence-electron chi connectivity index (χ1n) is 5.20. The third-order valence-corrected chi connectivity index (χ3v) is 3.35. The van der Waals surface area contributed by atoms with Crippen LogP contribution in [0.25, 0.3) is 0 Å². The van der Waals surface area contributed by atoms with E-state index in [4.69, 9.17) is 9.05 Å². The molecule has 0 aliphatic rings. The molecule has 0 saturated carbocycles.